The number of hydrogen-bond acceptors (Lipinski definition) is 4. The second-order valence-electron chi connectivity index (χ2n) is 3.19. The van der Waals surface area contributed by atoms with Crippen LogP contribution in [0.2, 0.25) is 0 Å². The molecule has 2 rings (SSSR count). The molecule has 0 bridgehead atoms. The van der Waals surface area contributed by atoms with Crippen molar-refractivity contribution in [3.63, 3.8) is 0 Å². The number of anilines is 1. The molecule has 0 spiro atoms. The second kappa shape index (κ2) is 4.94. The first-order chi connectivity index (χ1) is 7.75. The van der Waals surface area contributed by atoms with E-state index in [2.05, 4.69) is 31.2 Å². The molecule has 1 aromatic carbocycles. The van der Waals surface area contributed by atoms with Crippen molar-refractivity contribution in [2.24, 2.45) is 0 Å². The van der Waals surface area contributed by atoms with Crippen molar-refractivity contribution in [1.29, 1.82) is 0 Å². The summed E-state index contributed by atoms with van der Waals surface area (Å²) in [6.07, 6.45) is 1.66. The lowest BCUT2D eigenvalue weighted by Crippen LogP contribution is -2.01. The molecule has 0 amide bonds. The predicted molar refractivity (Wildman–Crippen MR) is 65.2 cm³/mol. The van der Waals surface area contributed by atoms with E-state index in [-0.39, 0.29) is 5.75 Å². The van der Waals surface area contributed by atoms with Crippen LogP contribution in [0.5, 0.6) is 5.75 Å². The highest BCUT2D eigenvalue weighted by molar-refractivity contribution is 9.10. The van der Waals surface area contributed by atoms with Gasteiger partial charge < -0.3 is 10.4 Å². The molecule has 0 aliphatic carbocycles. The van der Waals surface area contributed by atoms with Gasteiger partial charge in [-0.25, -0.2) is 9.97 Å². The third kappa shape index (κ3) is 2.70. The Labute approximate surface area is 102 Å². The van der Waals surface area contributed by atoms with Crippen molar-refractivity contribution in [2.45, 2.75) is 6.54 Å². The molecule has 2 aromatic rings. The molecule has 0 radical (unpaired) electrons. The van der Waals surface area contributed by atoms with Gasteiger partial charge in [0.15, 0.2) is 4.73 Å². The molecule has 82 valence electrons. The number of nitrogens with zero attached hydrogens (tertiary/aromatic N) is 2. The van der Waals surface area contributed by atoms with Crippen LogP contribution in [0.1, 0.15) is 5.56 Å². The molecule has 0 aliphatic heterocycles. The van der Waals surface area contributed by atoms with E-state index in [0.29, 0.717) is 17.1 Å². The van der Waals surface area contributed by atoms with E-state index in [9.17, 15) is 5.11 Å². The van der Waals surface area contributed by atoms with E-state index in [1.54, 1.807) is 24.4 Å². The summed E-state index contributed by atoms with van der Waals surface area (Å²) in [6.45, 7) is 0.524. The summed E-state index contributed by atoms with van der Waals surface area (Å²) in [5.74, 6) is 0.994. The third-order valence-corrected chi connectivity index (χ3v) is 2.46. The van der Waals surface area contributed by atoms with E-state index >= 15 is 0 Å². The Bertz CT molecular complexity index is 490. The maximum atomic E-state index is 9.56. The number of aromatic nitrogens is 2. The fourth-order valence-electron chi connectivity index (χ4n) is 1.28. The molecule has 0 atom stereocenters. The van der Waals surface area contributed by atoms with Gasteiger partial charge in [-0.2, -0.15) is 0 Å². The summed E-state index contributed by atoms with van der Waals surface area (Å²) < 4.78 is 0.537. The first-order valence-corrected chi connectivity index (χ1v) is 5.54. The highest BCUT2D eigenvalue weighted by Crippen LogP contribution is 2.17. The van der Waals surface area contributed by atoms with Crippen molar-refractivity contribution < 1.29 is 5.11 Å². The maximum absolute atomic E-state index is 9.56. The SMILES string of the molecule is Oc1ccccc1CNc1ccnc(Br)n1. The van der Waals surface area contributed by atoms with Crippen molar-refractivity contribution in [1.82, 2.24) is 9.97 Å². The van der Waals surface area contributed by atoms with E-state index in [0.717, 1.165) is 5.56 Å². The van der Waals surface area contributed by atoms with Crippen LogP contribution >= 0.6 is 15.9 Å². The van der Waals surface area contributed by atoms with Gasteiger partial charge in [0, 0.05) is 18.3 Å². The second-order valence-corrected chi connectivity index (χ2v) is 3.90. The number of benzene rings is 1. The van der Waals surface area contributed by atoms with Crippen LogP contribution < -0.4 is 5.32 Å². The van der Waals surface area contributed by atoms with Crippen molar-refractivity contribution >= 4 is 21.7 Å². The molecular formula is C11H10BrN3O. The van der Waals surface area contributed by atoms with Gasteiger partial charge in [0.1, 0.15) is 11.6 Å². The molecule has 5 heteroatoms. The van der Waals surface area contributed by atoms with Crippen LogP contribution in [0.15, 0.2) is 41.3 Å². The lowest BCUT2D eigenvalue weighted by Gasteiger charge is -2.06. The average Bonchev–Trinajstić information content (AvgIpc) is 2.28. The average molecular weight is 280 g/mol. The zero-order valence-corrected chi connectivity index (χ0v) is 9.98. The topological polar surface area (TPSA) is 58.0 Å². The number of halogens is 1. The zero-order chi connectivity index (χ0) is 11.4. The summed E-state index contributed by atoms with van der Waals surface area (Å²) in [5.41, 5.74) is 0.831. The maximum Gasteiger partial charge on any atom is 0.198 e. The zero-order valence-electron chi connectivity index (χ0n) is 8.39. The van der Waals surface area contributed by atoms with Crippen LogP contribution in [0.4, 0.5) is 5.82 Å². The van der Waals surface area contributed by atoms with Crippen LogP contribution in [-0.4, -0.2) is 15.1 Å². The quantitative estimate of drug-likeness (QED) is 0.848. The number of phenols is 1. The summed E-state index contributed by atoms with van der Waals surface area (Å²) >= 11 is 3.19. The van der Waals surface area contributed by atoms with Gasteiger partial charge in [-0.05, 0) is 28.1 Å². The molecule has 0 fully saturated rings. The molecule has 1 heterocycles. The lowest BCUT2D eigenvalue weighted by molar-refractivity contribution is 0.469. The number of para-hydroxylation sites is 1. The summed E-state index contributed by atoms with van der Waals surface area (Å²) in [7, 11) is 0. The van der Waals surface area contributed by atoms with Gasteiger partial charge in [-0.1, -0.05) is 18.2 Å². The molecule has 2 N–H and O–H groups in total. The normalized spacial score (nSPS) is 10.1. The largest absolute Gasteiger partial charge is 0.508 e. The molecule has 0 saturated heterocycles. The molecule has 0 saturated carbocycles. The Balaban J connectivity index is 2.05. The van der Waals surface area contributed by atoms with E-state index in [4.69, 9.17) is 0 Å². The van der Waals surface area contributed by atoms with Gasteiger partial charge in [0.25, 0.3) is 0 Å². The Kier molecular flexibility index (Phi) is 3.36. The number of rotatable bonds is 3. The minimum Gasteiger partial charge on any atom is -0.508 e. The fourth-order valence-corrected chi connectivity index (χ4v) is 1.59. The molecule has 0 aliphatic rings. The van der Waals surface area contributed by atoms with E-state index in [1.165, 1.54) is 0 Å². The van der Waals surface area contributed by atoms with Crippen LogP contribution in [0.25, 0.3) is 0 Å². The monoisotopic (exact) mass is 279 g/mol. The van der Waals surface area contributed by atoms with Gasteiger partial charge in [0.05, 0.1) is 0 Å². The van der Waals surface area contributed by atoms with E-state index < -0.39 is 0 Å². The summed E-state index contributed by atoms with van der Waals surface area (Å²) in [6, 6.07) is 8.96. The minimum absolute atomic E-state index is 0.281. The van der Waals surface area contributed by atoms with Gasteiger partial charge in [-0.3, -0.25) is 0 Å². The fraction of sp³-hybridized carbons (Fsp3) is 0.0909. The Morgan fingerprint density at radius 1 is 1.25 bits per heavy atom. The number of nitrogens with one attached hydrogen (secondary N) is 1. The first kappa shape index (κ1) is 10.9. The number of phenolic OH excluding ortho intramolecular Hbond substituents is 1. The minimum atomic E-state index is 0.281. The standard InChI is InChI=1S/C11H10BrN3O/c12-11-13-6-5-10(15-11)14-7-8-3-1-2-4-9(8)16/h1-6,16H,7H2,(H,13,14,15). The Morgan fingerprint density at radius 2 is 2.06 bits per heavy atom. The lowest BCUT2D eigenvalue weighted by atomic mass is 10.2. The van der Waals surface area contributed by atoms with Crippen molar-refractivity contribution in [2.75, 3.05) is 5.32 Å². The molecule has 4 nitrogen and oxygen atoms in total. The van der Waals surface area contributed by atoms with Gasteiger partial charge in [0.2, 0.25) is 0 Å². The van der Waals surface area contributed by atoms with Gasteiger partial charge in [-0.15, -0.1) is 0 Å². The summed E-state index contributed by atoms with van der Waals surface area (Å²) in [5, 5.41) is 12.7. The van der Waals surface area contributed by atoms with Gasteiger partial charge >= 0.3 is 0 Å². The van der Waals surface area contributed by atoms with Crippen LogP contribution in [-0.2, 0) is 6.54 Å². The third-order valence-electron chi connectivity index (χ3n) is 2.08. The number of aromatic hydroxyl groups is 1. The molecular weight excluding hydrogens is 270 g/mol. The Morgan fingerprint density at radius 3 is 2.81 bits per heavy atom. The van der Waals surface area contributed by atoms with Crippen molar-refractivity contribution in [3.8, 4) is 5.75 Å². The predicted octanol–water partition coefficient (Wildman–Crippen LogP) is 2.56. The Hall–Kier alpha value is -1.62. The van der Waals surface area contributed by atoms with Crippen LogP contribution in [0, 0.1) is 0 Å². The molecule has 0 unspecified atom stereocenters. The van der Waals surface area contributed by atoms with Crippen LogP contribution in [0.3, 0.4) is 0 Å². The highest BCUT2D eigenvalue weighted by atomic mass is 79.9. The smallest absolute Gasteiger partial charge is 0.198 e. The molecule has 1 aromatic heterocycles. The van der Waals surface area contributed by atoms with E-state index in [1.807, 2.05) is 12.1 Å². The van der Waals surface area contributed by atoms with Crippen molar-refractivity contribution in [3.05, 3.63) is 46.8 Å². The summed E-state index contributed by atoms with van der Waals surface area (Å²) in [4.78, 5) is 8.06. The number of hydrogen-bond donors (Lipinski definition) is 2. The molecule has 16 heavy (non-hydrogen) atoms. The highest BCUT2D eigenvalue weighted by Gasteiger charge is 2.00. The first-order valence-electron chi connectivity index (χ1n) is 4.75.